The molecule has 6 heteroatoms. The minimum Gasteiger partial charge on any atom is -0.444 e. The van der Waals surface area contributed by atoms with Gasteiger partial charge in [0.15, 0.2) is 5.78 Å². The number of carbonyl (C=O) groups is 2. The summed E-state index contributed by atoms with van der Waals surface area (Å²) in [5, 5.41) is 2.65. The summed E-state index contributed by atoms with van der Waals surface area (Å²) in [6.07, 6.45) is 0.723. The number of pyridine rings is 1. The fourth-order valence-electron chi connectivity index (χ4n) is 1.27. The van der Waals surface area contributed by atoms with Crippen LogP contribution in [0.4, 0.5) is 10.6 Å². The topological polar surface area (TPSA) is 68.3 Å². The van der Waals surface area contributed by atoms with Gasteiger partial charge in [0.05, 0.1) is 10.6 Å². The number of rotatable bonds is 2. The van der Waals surface area contributed by atoms with Gasteiger partial charge in [-0.25, -0.2) is 9.78 Å². The van der Waals surface area contributed by atoms with E-state index in [4.69, 9.17) is 16.3 Å². The van der Waals surface area contributed by atoms with Crippen LogP contribution in [0, 0.1) is 0 Å². The second-order valence-corrected chi connectivity index (χ2v) is 5.11. The van der Waals surface area contributed by atoms with Crippen molar-refractivity contribution in [3.8, 4) is 0 Å². The van der Waals surface area contributed by atoms with E-state index in [1.807, 2.05) is 0 Å². The Kier molecular flexibility index (Phi) is 5.96. The van der Waals surface area contributed by atoms with Gasteiger partial charge in [0.25, 0.3) is 0 Å². The predicted molar refractivity (Wildman–Crippen MR) is 75.8 cm³/mol. The maximum atomic E-state index is 11.6. The molecular weight excluding hydrogens is 268 g/mol. The molecule has 5 nitrogen and oxygen atoms in total. The Morgan fingerprint density at radius 1 is 1.37 bits per heavy atom. The van der Waals surface area contributed by atoms with Crippen LogP contribution in [0.15, 0.2) is 12.3 Å². The van der Waals surface area contributed by atoms with Crippen molar-refractivity contribution in [2.45, 2.75) is 40.7 Å². The van der Waals surface area contributed by atoms with Crippen molar-refractivity contribution < 1.29 is 14.3 Å². The lowest BCUT2D eigenvalue weighted by Gasteiger charge is -2.20. The van der Waals surface area contributed by atoms with Crippen molar-refractivity contribution >= 4 is 29.3 Å². The van der Waals surface area contributed by atoms with Crippen molar-refractivity contribution in [2.75, 3.05) is 5.32 Å². The molecule has 0 bridgehead atoms. The number of anilines is 1. The van der Waals surface area contributed by atoms with E-state index in [-0.39, 0.29) is 29.6 Å². The number of Topliss-reactive ketones (excluding diaryl/α,β-unsaturated/α-hetero) is 1. The number of carbonyl (C=O) groups excluding carboxylic acids is 2. The zero-order chi connectivity index (χ0) is 13.9. The summed E-state index contributed by atoms with van der Waals surface area (Å²) in [5.41, 5.74) is -0.455. The van der Waals surface area contributed by atoms with Crippen molar-refractivity contribution in [3.63, 3.8) is 0 Å². The molecule has 0 saturated heterocycles. The summed E-state index contributed by atoms with van der Waals surface area (Å²) in [6, 6.07) is 1.48. The molecular formula is C13H19ClN2O3. The number of aromatic nitrogens is 1. The highest BCUT2D eigenvalue weighted by molar-refractivity contribution is 6.34. The normalized spacial score (nSPS) is 10.4. The molecule has 1 amide bonds. The zero-order valence-electron chi connectivity index (χ0n) is 10.7. The van der Waals surface area contributed by atoms with Crippen LogP contribution < -0.4 is 5.32 Å². The second kappa shape index (κ2) is 6.52. The molecule has 1 N–H and O–H groups in total. The molecule has 106 valence electrons. The molecule has 1 rings (SSSR count). The average Bonchev–Trinajstić information content (AvgIpc) is 2.13. The van der Waals surface area contributed by atoms with Crippen LogP contribution >= 0.6 is 11.6 Å². The highest BCUT2D eigenvalue weighted by Gasteiger charge is 2.20. The number of ketones is 1. The second-order valence-electron chi connectivity index (χ2n) is 4.70. The van der Waals surface area contributed by atoms with Gasteiger partial charge in [-0.3, -0.25) is 10.1 Å². The largest absolute Gasteiger partial charge is 0.444 e. The van der Waals surface area contributed by atoms with Gasteiger partial charge in [-0.05, 0) is 33.8 Å². The minimum absolute atomic E-state index is 0. The Labute approximate surface area is 118 Å². The summed E-state index contributed by atoms with van der Waals surface area (Å²) >= 11 is 5.89. The SMILES string of the molecule is C.CC(=O)c1c(Cl)ccnc1NC(=O)OC(C)(C)C. The number of nitrogens with one attached hydrogen (secondary N) is 1. The number of hydrogen-bond donors (Lipinski definition) is 1. The van der Waals surface area contributed by atoms with Gasteiger partial charge in [0, 0.05) is 6.20 Å². The quantitative estimate of drug-likeness (QED) is 0.837. The van der Waals surface area contributed by atoms with Gasteiger partial charge >= 0.3 is 6.09 Å². The minimum atomic E-state index is -0.681. The summed E-state index contributed by atoms with van der Waals surface area (Å²) in [4.78, 5) is 26.9. The molecule has 0 unspecified atom stereocenters. The molecule has 19 heavy (non-hydrogen) atoms. The summed E-state index contributed by atoms with van der Waals surface area (Å²) in [5.74, 6) is -0.177. The maximum Gasteiger partial charge on any atom is 0.413 e. The number of hydrogen-bond acceptors (Lipinski definition) is 4. The van der Waals surface area contributed by atoms with Crippen LogP contribution in [-0.2, 0) is 4.74 Å². The third kappa shape index (κ3) is 5.26. The lowest BCUT2D eigenvalue weighted by molar-refractivity contribution is 0.0635. The van der Waals surface area contributed by atoms with Crippen molar-refractivity contribution in [2.24, 2.45) is 0 Å². The van der Waals surface area contributed by atoms with E-state index in [1.165, 1.54) is 19.2 Å². The van der Waals surface area contributed by atoms with E-state index in [0.717, 1.165) is 0 Å². The third-order valence-corrected chi connectivity index (χ3v) is 2.19. The first-order valence-electron chi connectivity index (χ1n) is 5.36. The van der Waals surface area contributed by atoms with Crippen LogP contribution in [0.3, 0.4) is 0 Å². The number of amides is 1. The van der Waals surface area contributed by atoms with E-state index >= 15 is 0 Å². The van der Waals surface area contributed by atoms with Crippen LogP contribution in [-0.4, -0.2) is 22.5 Å². The van der Waals surface area contributed by atoms with E-state index in [0.29, 0.717) is 0 Å². The first-order chi connectivity index (χ1) is 8.20. The van der Waals surface area contributed by atoms with E-state index in [9.17, 15) is 9.59 Å². The standard InChI is InChI=1S/C12H15ClN2O3.CH4/c1-7(16)9-8(13)5-6-14-10(9)15-11(17)18-12(2,3)4;/h5-6H,1-4H3,(H,14,15,17);1H4. The Bertz CT molecular complexity index is 481. The predicted octanol–water partition coefficient (Wildman–Crippen LogP) is 3.92. The number of halogens is 1. The summed E-state index contributed by atoms with van der Waals surface area (Å²) in [7, 11) is 0. The van der Waals surface area contributed by atoms with Gasteiger partial charge in [0.1, 0.15) is 11.4 Å². The van der Waals surface area contributed by atoms with Crippen molar-refractivity contribution in [3.05, 3.63) is 22.8 Å². The smallest absolute Gasteiger partial charge is 0.413 e. The van der Waals surface area contributed by atoms with Crippen LogP contribution in [0.2, 0.25) is 5.02 Å². The first kappa shape index (κ1) is 17.4. The fourth-order valence-corrected chi connectivity index (χ4v) is 1.55. The number of ether oxygens (including phenoxy) is 1. The molecule has 1 aromatic heterocycles. The van der Waals surface area contributed by atoms with Gasteiger partial charge in [-0.2, -0.15) is 0 Å². The first-order valence-corrected chi connectivity index (χ1v) is 5.74. The Morgan fingerprint density at radius 3 is 2.42 bits per heavy atom. The molecule has 1 heterocycles. The monoisotopic (exact) mass is 286 g/mol. The molecule has 0 atom stereocenters. The van der Waals surface area contributed by atoms with Gasteiger partial charge in [0.2, 0.25) is 0 Å². The van der Waals surface area contributed by atoms with E-state index in [1.54, 1.807) is 20.8 Å². The molecule has 0 fully saturated rings. The maximum absolute atomic E-state index is 11.6. The summed E-state index contributed by atoms with van der Waals surface area (Å²) in [6.45, 7) is 6.57. The zero-order valence-corrected chi connectivity index (χ0v) is 11.5. The molecule has 0 radical (unpaired) electrons. The molecule has 0 saturated carbocycles. The van der Waals surface area contributed by atoms with Crippen molar-refractivity contribution in [1.29, 1.82) is 0 Å². The van der Waals surface area contributed by atoms with Crippen LogP contribution in [0.1, 0.15) is 45.5 Å². The Balaban J connectivity index is 0.00000324. The highest BCUT2D eigenvalue weighted by Crippen LogP contribution is 2.23. The Morgan fingerprint density at radius 2 is 1.95 bits per heavy atom. The lowest BCUT2D eigenvalue weighted by atomic mass is 10.2. The lowest BCUT2D eigenvalue weighted by Crippen LogP contribution is -2.28. The van der Waals surface area contributed by atoms with Crippen LogP contribution in [0.5, 0.6) is 0 Å². The third-order valence-electron chi connectivity index (χ3n) is 1.87. The molecule has 0 spiro atoms. The Hall–Kier alpha value is -1.62. The molecule has 0 aliphatic heterocycles. The van der Waals surface area contributed by atoms with Crippen LogP contribution in [0.25, 0.3) is 0 Å². The van der Waals surface area contributed by atoms with E-state index in [2.05, 4.69) is 10.3 Å². The fraction of sp³-hybridized carbons (Fsp3) is 0.462. The number of nitrogens with zero attached hydrogens (tertiary/aromatic N) is 1. The van der Waals surface area contributed by atoms with Gasteiger partial charge < -0.3 is 4.74 Å². The molecule has 0 aliphatic rings. The molecule has 0 aromatic carbocycles. The van der Waals surface area contributed by atoms with Gasteiger partial charge in [-0.15, -0.1) is 0 Å². The summed E-state index contributed by atoms with van der Waals surface area (Å²) < 4.78 is 5.07. The average molecular weight is 287 g/mol. The molecule has 1 aromatic rings. The van der Waals surface area contributed by atoms with Gasteiger partial charge in [-0.1, -0.05) is 19.0 Å². The highest BCUT2D eigenvalue weighted by atomic mass is 35.5. The molecule has 0 aliphatic carbocycles. The van der Waals surface area contributed by atoms with E-state index < -0.39 is 11.7 Å². The van der Waals surface area contributed by atoms with Crippen molar-refractivity contribution in [1.82, 2.24) is 4.98 Å².